The average Bonchev–Trinajstić information content (AvgIpc) is 2.41. The number of ether oxygens (including phenoxy) is 3. The maximum absolute atomic E-state index is 9.41. The van der Waals surface area contributed by atoms with Crippen LogP contribution >= 0.6 is 0 Å². The molecule has 0 amide bonds. The van der Waals surface area contributed by atoms with E-state index in [1.54, 1.807) is 14.0 Å². The summed E-state index contributed by atoms with van der Waals surface area (Å²) in [5.74, 6) is 1.49. The molecule has 0 spiro atoms. The Morgan fingerprint density at radius 1 is 1.32 bits per heavy atom. The van der Waals surface area contributed by atoms with E-state index in [0.717, 1.165) is 43.1 Å². The Morgan fingerprint density at radius 3 is 2.68 bits per heavy atom. The first-order valence-electron chi connectivity index (χ1n) is 6.78. The minimum absolute atomic E-state index is 0.199. The molecule has 0 aliphatic carbocycles. The van der Waals surface area contributed by atoms with Gasteiger partial charge in [-0.2, -0.15) is 0 Å². The van der Waals surface area contributed by atoms with Crippen molar-refractivity contribution in [3.8, 4) is 11.5 Å². The van der Waals surface area contributed by atoms with Crippen molar-refractivity contribution in [2.75, 3.05) is 20.3 Å². The maximum Gasteiger partial charge on any atom is 0.161 e. The molecule has 106 valence electrons. The molecule has 0 saturated carbocycles. The van der Waals surface area contributed by atoms with Crippen molar-refractivity contribution >= 4 is 0 Å². The van der Waals surface area contributed by atoms with Crippen LogP contribution in [0.1, 0.15) is 25.3 Å². The molecule has 1 heterocycles. The van der Waals surface area contributed by atoms with Crippen molar-refractivity contribution in [3.63, 3.8) is 0 Å². The highest BCUT2D eigenvalue weighted by atomic mass is 16.5. The standard InChI is InChI=1S/C15H22O4/c1-11(16)9-12-3-4-14(15(10-12)17-2)19-13-5-7-18-8-6-13/h3-4,10-11,13,16H,5-9H2,1-2H3. The zero-order valence-electron chi connectivity index (χ0n) is 11.6. The van der Waals surface area contributed by atoms with E-state index < -0.39 is 0 Å². The fourth-order valence-corrected chi connectivity index (χ4v) is 2.25. The molecule has 1 aliphatic rings. The number of methoxy groups -OCH3 is 1. The van der Waals surface area contributed by atoms with Crippen molar-refractivity contribution < 1.29 is 19.3 Å². The van der Waals surface area contributed by atoms with Gasteiger partial charge in [0.05, 0.1) is 26.4 Å². The Kier molecular flexibility index (Phi) is 5.05. The normalized spacial score (nSPS) is 18.1. The first kappa shape index (κ1) is 14.2. The van der Waals surface area contributed by atoms with Gasteiger partial charge < -0.3 is 19.3 Å². The third kappa shape index (κ3) is 4.11. The second kappa shape index (κ2) is 6.78. The van der Waals surface area contributed by atoms with E-state index in [9.17, 15) is 5.11 Å². The van der Waals surface area contributed by atoms with Crippen molar-refractivity contribution in [2.24, 2.45) is 0 Å². The van der Waals surface area contributed by atoms with Crippen LogP contribution in [-0.4, -0.2) is 37.6 Å². The largest absolute Gasteiger partial charge is 0.493 e. The Bertz CT molecular complexity index is 397. The number of hydrogen-bond donors (Lipinski definition) is 1. The summed E-state index contributed by atoms with van der Waals surface area (Å²) in [6.07, 6.45) is 2.29. The summed E-state index contributed by atoms with van der Waals surface area (Å²) in [4.78, 5) is 0. The molecule has 0 radical (unpaired) electrons. The van der Waals surface area contributed by atoms with E-state index in [2.05, 4.69) is 0 Å². The fraction of sp³-hybridized carbons (Fsp3) is 0.600. The molecule has 1 aromatic rings. The zero-order valence-corrected chi connectivity index (χ0v) is 11.6. The third-order valence-electron chi connectivity index (χ3n) is 3.22. The summed E-state index contributed by atoms with van der Waals surface area (Å²) < 4.78 is 16.7. The first-order valence-corrected chi connectivity index (χ1v) is 6.78. The van der Waals surface area contributed by atoms with Crippen LogP contribution in [-0.2, 0) is 11.2 Å². The zero-order chi connectivity index (χ0) is 13.7. The lowest BCUT2D eigenvalue weighted by Crippen LogP contribution is -2.26. The molecule has 4 nitrogen and oxygen atoms in total. The van der Waals surface area contributed by atoms with Crippen LogP contribution in [0.5, 0.6) is 11.5 Å². The Balaban J connectivity index is 2.06. The van der Waals surface area contributed by atoms with Crippen molar-refractivity contribution in [1.29, 1.82) is 0 Å². The minimum atomic E-state index is -0.355. The van der Waals surface area contributed by atoms with Gasteiger partial charge in [0, 0.05) is 12.8 Å². The number of rotatable bonds is 5. The number of benzene rings is 1. The van der Waals surface area contributed by atoms with Gasteiger partial charge in [0.2, 0.25) is 0 Å². The predicted molar refractivity (Wildman–Crippen MR) is 72.8 cm³/mol. The van der Waals surface area contributed by atoms with E-state index in [-0.39, 0.29) is 12.2 Å². The minimum Gasteiger partial charge on any atom is -0.493 e. The summed E-state index contributed by atoms with van der Waals surface area (Å²) in [5, 5.41) is 9.41. The van der Waals surface area contributed by atoms with Crippen LogP contribution in [0.2, 0.25) is 0 Å². The number of hydrogen-bond acceptors (Lipinski definition) is 4. The molecule has 0 bridgehead atoms. The van der Waals surface area contributed by atoms with Gasteiger partial charge in [0.25, 0.3) is 0 Å². The molecular formula is C15H22O4. The molecule has 19 heavy (non-hydrogen) atoms. The summed E-state index contributed by atoms with van der Waals surface area (Å²) in [7, 11) is 1.64. The second-order valence-electron chi connectivity index (χ2n) is 4.97. The van der Waals surface area contributed by atoms with E-state index in [1.165, 1.54) is 0 Å². The first-order chi connectivity index (χ1) is 9.19. The predicted octanol–water partition coefficient (Wildman–Crippen LogP) is 2.18. The van der Waals surface area contributed by atoms with Gasteiger partial charge in [0.1, 0.15) is 6.10 Å². The van der Waals surface area contributed by atoms with Crippen LogP contribution in [0, 0.1) is 0 Å². The molecule has 1 unspecified atom stereocenters. The average molecular weight is 266 g/mol. The molecule has 1 aromatic carbocycles. The van der Waals surface area contributed by atoms with Crippen LogP contribution in [0.15, 0.2) is 18.2 Å². The third-order valence-corrected chi connectivity index (χ3v) is 3.22. The summed E-state index contributed by atoms with van der Waals surface area (Å²) in [6.45, 7) is 3.29. The molecular weight excluding hydrogens is 244 g/mol. The monoisotopic (exact) mass is 266 g/mol. The quantitative estimate of drug-likeness (QED) is 0.887. The van der Waals surface area contributed by atoms with Crippen molar-refractivity contribution in [1.82, 2.24) is 0 Å². The second-order valence-corrected chi connectivity index (χ2v) is 4.97. The summed E-state index contributed by atoms with van der Waals surface area (Å²) in [6, 6.07) is 5.83. The van der Waals surface area contributed by atoms with Crippen molar-refractivity contribution in [3.05, 3.63) is 23.8 Å². The lowest BCUT2D eigenvalue weighted by atomic mass is 10.1. The Hall–Kier alpha value is -1.26. The smallest absolute Gasteiger partial charge is 0.161 e. The fourth-order valence-electron chi connectivity index (χ4n) is 2.25. The number of aliphatic hydroxyl groups excluding tert-OH is 1. The van der Waals surface area contributed by atoms with Crippen molar-refractivity contribution in [2.45, 2.75) is 38.4 Å². The van der Waals surface area contributed by atoms with Gasteiger partial charge in [-0.3, -0.25) is 0 Å². The molecule has 2 rings (SSSR count). The van der Waals surface area contributed by atoms with Gasteiger partial charge in [-0.05, 0) is 31.0 Å². The molecule has 1 aliphatic heterocycles. The summed E-state index contributed by atoms with van der Waals surface area (Å²) in [5.41, 5.74) is 1.05. The molecule has 1 fully saturated rings. The van der Waals surface area contributed by atoms with Gasteiger partial charge in [-0.25, -0.2) is 0 Å². The molecule has 0 aromatic heterocycles. The lowest BCUT2D eigenvalue weighted by Gasteiger charge is -2.24. The lowest BCUT2D eigenvalue weighted by molar-refractivity contribution is 0.0245. The highest BCUT2D eigenvalue weighted by Crippen LogP contribution is 2.30. The SMILES string of the molecule is COc1cc(CC(C)O)ccc1OC1CCOCC1. The van der Waals surface area contributed by atoms with Crippen LogP contribution in [0.25, 0.3) is 0 Å². The van der Waals surface area contributed by atoms with E-state index in [4.69, 9.17) is 14.2 Å². The van der Waals surface area contributed by atoms with E-state index in [0.29, 0.717) is 6.42 Å². The van der Waals surface area contributed by atoms with Crippen LogP contribution < -0.4 is 9.47 Å². The maximum atomic E-state index is 9.41. The van der Waals surface area contributed by atoms with E-state index in [1.807, 2.05) is 18.2 Å². The molecule has 1 atom stereocenters. The van der Waals surface area contributed by atoms with Crippen LogP contribution in [0.4, 0.5) is 0 Å². The summed E-state index contributed by atoms with van der Waals surface area (Å²) >= 11 is 0. The highest BCUT2D eigenvalue weighted by molar-refractivity contribution is 5.43. The topological polar surface area (TPSA) is 47.9 Å². The van der Waals surface area contributed by atoms with Gasteiger partial charge >= 0.3 is 0 Å². The van der Waals surface area contributed by atoms with Gasteiger partial charge in [-0.1, -0.05) is 6.07 Å². The molecule has 1 saturated heterocycles. The highest BCUT2D eigenvalue weighted by Gasteiger charge is 2.17. The van der Waals surface area contributed by atoms with Crippen LogP contribution in [0.3, 0.4) is 0 Å². The van der Waals surface area contributed by atoms with E-state index >= 15 is 0 Å². The van der Waals surface area contributed by atoms with Gasteiger partial charge in [-0.15, -0.1) is 0 Å². The van der Waals surface area contributed by atoms with Gasteiger partial charge in [0.15, 0.2) is 11.5 Å². The Morgan fingerprint density at radius 2 is 2.05 bits per heavy atom. The Labute approximate surface area is 114 Å². The number of aliphatic hydroxyl groups is 1. The molecule has 4 heteroatoms. The molecule has 1 N–H and O–H groups in total.